The monoisotopic (exact) mass is 198 g/mol. The van der Waals surface area contributed by atoms with E-state index < -0.39 is 0 Å². The molecule has 0 amide bonds. The lowest BCUT2D eigenvalue weighted by Gasteiger charge is -2.36. The normalized spacial score (nSPS) is 18.2. The first-order chi connectivity index (χ1) is 6.46. The van der Waals surface area contributed by atoms with Crippen LogP contribution >= 0.6 is 0 Å². The molecule has 0 fully saturated rings. The summed E-state index contributed by atoms with van der Waals surface area (Å²) >= 11 is 0. The molecule has 0 aromatic heterocycles. The third-order valence-electron chi connectivity index (χ3n) is 3.92. The highest BCUT2D eigenvalue weighted by Gasteiger charge is 2.28. The first-order valence-corrected chi connectivity index (χ1v) is 6.46. The van der Waals surface area contributed by atoms with E-state index in [-0.39, 0.29) is 0 Å². The van der Waals surface area contributed by atoms with E-state index in [1.807, 2.05) is 0 Å². The molecule has 86 valence electrons. The Morgan fingerprint density at radius 2 is 1.64 bits per heavy atom. The van der Waals surface area contributed by atoms with Crippen LogP contribution in [0.2, 0.25) is 0 Å². The van der Waals surface area contributed by atoms with Gasteiger partial charge >= 0.3 is 0 Å². The van der Waals surface area contributed by atoms with Gasteiger partial charge in [0.15, 0.2) is 0 Å². The standard InChI is InChI=1S/C14H30/c1-7-9-10-14(6,8-2)13(5)11-12(3)4/h12-13H,7-11H2,1-6H3. The van der Waals surface area contributed by atoms with Crippen LogP contribution in [0.1, 0.15) is 73.6 Å². The summed E-state index contributed by atoms with van der Waals surface area (Å²) in [5.41, 5.74) is 0.584. The van der Waals surface area contributed by atoms with Crippen LogP contribution in [0, 0.1) is 17.3 Å². The van der Waals surface area contributed by atoms with Gasteiger partial charge in [-0.2, -0.15) is 0 Å². The van der Waals surface area contributed by atoms with Crippen molar-refractivity contribution in [1.29, 1.82) is 0 Å². The summed E-state index contributed by atoms with van der Waals surface area (Å²) in [6, 6.07) is 0. The topological polar surface area (TPSA) is 0 Å². The first-order valence-electron chi connectivity index (χ1n) is 6.46. The van der Waals surface area contributed by atoms with Crippen LogP contribution in [0.25, 0.3) is 0 Å². The lowest BCUT2D eigenvalue weighted by atomic mass is 9.70. The minimum atomic E-state index is 0.584. The highest BCUT2D eigenvalue weighted by molar-refractivity contribution is 4.79. The Hall–Kier alpha value is 0. The third kappa shape index (κ3) is 4.48. The fourth-order valence-electron chi connectivity index (χ4n) is 2.34. The molecule has 0 rings (SSSR count). The summed E-state index contributed by atoms with van der Waals surface area (Å²) < 4.78 is 0. The van der Waals surface area contributed by atoms with E-state index in [0.717, 1.165) is 11.8 Å². The Morgan fingerprint density at radius 1 is 1.07 bits per heavy atom. The van der Waals surface area contributed by atoms with E-state index in [9.17, 15) is 0 Å². The molecule has 0 aromatic rings. The summed E-state index contributed by atoms with van der Waals surface area (Å²) in [7, 11) is 0. The molecule has 0 saturated heterocycles. The zero-order valence-corrected chi connectivity index (χ0v) is 11.2. The second-order valence-electron chi connectivity index (χ2n) is 5.64. The second kappa shape index (κ2) is 6.48. The van der Waals surface area contributed by atoms with Crippen molar-refractivity contribution >= 4 is 0 Å². The third-order valence-corrected chi connectivity index (χ3v) is 3.92. The van der Waals surface area contributed by atoms with E-state index in [2.05, 4.69) is 41.5 Å². The van der Waals surface area contributed by atoms with E-state index in [1.54, 1.807) is 0 Å². The van der Waals surface area contributed by atoms with Crippen LogP contribution in [0.15, 0.2) is 0 Å². The van der Waals surface area contributed by atoms with Gasteiger partial charge in [0.25, 0.3) is 0 Å². The predicted octanol–water partition coefficient (Wildman–Crippen LogP) is 5.28. The van der Waals surface area contributed by atoms with Gasteiger partial charge in [0.1, 0.15) is 0 Å². The van der Waals surface area contributed by atoms with Crippen LogP contribution in [0.4, 0.5) is 0 Å². The molecule has 0 radical (unpaired) electrons. The van der Waals surface area contributed by atoms with Crippen molar-refractivity contribution in [3.05, 3.63) is 0 Å². The predicted molar refractivity (Wildman–Crippen MR) is 66.5 cm³/mol. The number of hydrogen-bond donors (Lipinski definition) is 0. The molecule has 0 N–H and O–H groups in total. The maximum Gasteiger partial charge on any atom is -0.0303 e. The lowest BCUT2D eigenvalue weighted by Crippen LogP contribution is -2.25. The highest BCUT2D eigenvalue weighted by Crippen LogP contribution is 2.39. The van der Waals surface area contributed by atoms with Crippen molar-refractivity contribution in [1.82, 2.24) is 0 Å². The molecule has 0 aromatic carbocycles. The van der Waals surface area contributed by atoms with Gasteiger partial charge in [-0.1, -0.05) is 60.8 Å². The summed E-state index contributed by atoms with van der Waals surface area (Å²) in [5.74, 6) is 1.72. The lowest BCUT2D eigenvalue weighted by molar-refractivity contribution is 0.148. The average molecular weight is 198 g/mol. The maximum absolute atomic E-state index is 2.48. The molecule has 2 atom stereocenters. The van der Waals surface area contributed by atoms with Gasteiger partial charge in [-0.3, -0.25) is 0 Å². The molecular formula is C14H30. The Bertz CT molecular complexity index is 137. The number of rotatable bonds is 7. The molecule has 2 unspecified atom stereocenters. The molecule has 0 aliphatic heterocycles. The fraction of sp³-hybridized carbons (Fsp3) is 1.00. The van der Waals surface area contributed by atoms with Gasteiger partial charge in [0, 0.05) is 0 Å². The molecule has 0 aliphatic carbocycles. The zero-order valence-electron chi connectivity index (χ0n) is 11.2. The summed E-state index contributed by atoms with van der Waals surface area (Å²) in [5, 5.41) is 0. The van der Waals surface area contributed by atoms with Crippen LogP contribution < -0.4 is 0 Å². The van der Waals surface area contributed by atoms with E-state index >= 15 is 0 Å². The first kappa shape index (κ1) is 14.0. The van der Waals surface area contributed by atoms with Gasteiger partial charge in [0.05, 0.1) is 0 Å². The summed E-state index contributed by atoms with van der Waals surface area (Å²) in [6.07, 6.45) is 6.86. The maximum atomic E-state index is 2.48. The SMILES string of the molecule is CCCCC(C)(CC)C(C)CC(C)C. The molecule has 0 spiro atoms. The van der Waals surface area contributed by atoms with E-state index in [1.165, 1.54) is 32.1 Å². The Morgan fingerprint density at radius 3 is 2.00 bits per heavy atom. The molecule has 0 saturated carbocycles. The van der Waals surface area contributed by atoms with Gasteiger partial charge < -0.3 is 0 Å². The molecule has 0 heterocycles. The Labute approximate surface area is 91.5 Å². The van der Waals surface area contributed by atoms with Crippen LogP contribution in [-0.2, 0) is 0 Å². The van der Waals surface area contributed by atoms with Gasteiger partial charge in [-0.25, -0.2) is 0 Å². The van der Waals surface area contributed by atoms with E-state index in [4.69, 9.17) is 0 Å². The summed E-state index contributed by atoms with van der Waals surface area (Å²) in [4.78, 5) is 0. The fourth-order valence-corrected chi connectivity index (χ4v) is 2.34. The van der Waals surface area contributed by atoms with Crippen molar-refractivity contribution in [3.63, 3.8) is 0 Å². The minimum absolute atomic E-state index is 0.584. The van der Waals surface area contributed by atoms with Crippen molar-refractivity contribution in [2.75, 3.05) is 0 Å². The zero-order chi connectivity index (χ0) is 11.2. The van der Waals surface area contributed by atoms with Crippen molar-refractivity contribution < 1.29 is 0 Å². The largest absolute Gasteiger partial charge is 0.0654 e. The van der Waals surface area contributed by atoms with Gasteiger partial charge in [-0.05, 0) is 30.1 Å². The molecule has 0 aliphatic rings. The van der Waals surface area contributed by atoms with Crippen LogP contribution in [0.3, 0.4) is 0 Å². The van der Waals surface area contributed by atoms with Crippen LogP contribution in [0.5, 0.6) is 0 Å². The average Bonchev–Trinajstić information content (AvgIpc) is 2.13. The highest BCUT2D eigenvalue weighted by atomic mass is 14.3. The molecule has 14 heavy (non-hydrogen) atoms. The van der Waals surface area contributed by atoms with Gasteiger partial charge in [-0.15, -0.1) is 0 Å². The smallest absolute Gasteiger partial charge is 0.0303 e. The Balaban J connectivity index is 4.19. The van der Waals surface area contributed by atoms with Crippen molar-refractivity contribution in [2.24, 2.45) is 17.3 Å². The quantitative estimate of drug-likeness (QED) is 0.522. The number of unbranched alkanes of at least 4 members (excludes halogenated alkanes) is 1. The van der Waals surface area contributed by atoms with Crippen LogP contribution in [-0.4, -0.2) is 0 Å². The second-order valence-corrected chi connectivity index (χ2v) is 5.64. The summed E-state index contributed by atoms with van der Waals surface area (Å²) in [6.45, 7) is 14.3. The van der Waals surface area contributed by atoms with Crippen molar-refractivity contribution in [2.45, 2.75) is 73.6 Å². The Kier molecular flexibility index (Phi) is 6.48. The van der Waals surface area contributed by atoms with E-state index in [0.29, 0.717) is 5.41 Å². The molecule has 0 bridgehead atoms. The minimum Gasteiger partial charge on any atom is -0.0654 e. The molecular weight excluding hydrogens is 168 g/mol. The molecule has 0 nitrogen and oxygen atoms in total. The number of hydrogen-bond acceptors (Lipinski definition) is 0. The van der Waals surface area contributed by atoms with Gasteiger partial charge in [0.2, 0.25) is 0 Å². The van der Waals surface area contributed by atoms with Crippen molar-refractivity contribution in [3.8, 4) is 0 Å². The molecule has 0 heteroatoms.